The molecule has 0 aromatic rings. The van der Waals surface area contributed by atoms with Crippen LogP contribution in [0.15, 0.2) is 12.6 Å². The van der Waals surface area contributed by atoms with Gasteiger partial charge in [-0.15, -0.1) is 12.6 Å². The quantitative estimate of drug-likeness (QED) is 0.350. The zero-order valence-electron chi connectivity index (χ0n) is 2.86. The fraction of sp³-hybridized carbons (Fsp3) is 0. The lowest BCUT2D eigenvalue weighted by Gasteiger charge is -1.52. The normalized spacial score (nSPS) is 6.00. The van der Waals surface area contributed by atoms with Crippen LogP contribution in [0.1, 0.15) is 0 Å². The molecule has 0 spiro atoms. The molecule has 21 valence electrons. The van der Waals surface area contributed by atoms with Crippen molar-refractivity contribution in [3.8, 4) is 0 Å². The van der Waals surface area contributed by atoms with Crippen LogP contribution < -0.4 is 0 Å². The van der Waals surface area contributed by atoms with E-state index in [1.807, 2.05) is 12.8 Å². The summed E-state index contributed by atoms with van der Waals surface area (Å²) in [5, 5.41) is 0. The molecule has 0 nitrogen and oxygen atoms in total. The zero-order valence-corrected chi connectivity index (χ0v) is 4.86. The molecule has 2 heteroatoms. The predicted molar refractivity (Wildman–Crippen MR) is 25.9 cm³/mol. The Hall–Kier alpha value is 0.0218. The van der Waals surface area contributed by atoms with Crippen LogP contribution in [0.3, 0.4) is 0 Å². The average molecular weight is 69.0 g/mol. The minimum Gasteiger partial charge on any atom is -0.134 e. The first-order valence-corrected chi connectivity index (χ1v) is 2.47. The summed E-state index contributed by atoms with van der Waals surface area (Å²) in [6, 6.07) is 0. The second kappa shape index (κ2) is 3.02. The summed E-state index contributed by atoms with van der Waals surface area (Å²) < 4.78 is 0. The van der Waals surface area contributed by atoms with Gasteiger partial charge in [-0.25, -0.2) is 0 Å². The van der Waals surface area contributed by atoms with Crippen LogP contribution in [0.4, 0.5) is 0 Å². The molecule has 0 atom stereocenters. The third-order valence-corrected chi connectivity index (χ3v) is 0.707. The molecule has 0 saturated carbocycles. The second-order valence-corrected chi connectivity index (χ2v) is 1.24. The summed E-state index contributed by atoms with van der Waals surface area (Å²) in [7, 11) is 1.15. The summed E-state index contributed by atoms with van der Waals surface area (Å²) >= 11 is 0. The summed E-state index contributed by atoms with van der Waals surface area (Å²) in [5.74, 6) is 1.81. The Balaban J connectivity index is 2.30. The van der Waals surface area contributed by atoms with Crippen LogP contribution >= 0.6 is 0 Å². The highest BCUT2D eigenvalue weighted by Crippen LogP contribution is 1.39. The van der Waals surface area contributed by atoms with Crippen LogP contribution in [0.5, 0.6) is 0 Å². The van der Waals surface area contributed by atoms with Crippen molar-refractivity contribution >= 4 is 17.0 Å². The molecule has 0 aliphatic rings. The Morgan fingerprint density at radius 3 is 2.25 bits per heavy atom. The lowest BCUT2D eigenvalue weighted by Crippen LogP contribution is -1.73. The van der Waals surface area contributed by atoms with Crippen molar-refractivity contribution in [3.63, 3.8) is 0 Å². The Bertz CT molecular complexity index is 20.0. The maximum Gasteiger partial charge on any atom is 0.121 e. The molecule has 0 heterocycles. The molecule has 0 rings (SSSR count). The van der Waals surface area contributed by atoms with Crippen molar-refractivity contribution in [1.29, 1.82) is 0 Å². The molecule has 0 N–H and O–H groups in total. The first-order chi connectivity index (χ1) is 1.91. The Morgan fingerprint density at radius 1 is 2.00 bits per heavy atom. The van der Waals surface area contributed by atoms with Crippen LogP contribution in [-0.4, -0.2) is 17.0 Å². The summed E-state index contributed by atoms with van der Waals surface area (Å²) in [5.41, 5.74) is 0. The maximum atomic E-state index is 3.46. The van der Waals surface area contributed by atoms with E-state index in [4.69, 9.17) is 0 Å². The van der Waals surface area contributed by atoms with E-state index < -0.39 is 0 Å². The van der Waals surface area contributed by atoms with Gasteiger partial charge in [0.1, 0.15) is 6.87 Å². The minimum absolute atomic E-state index is 1.15. The van der Waals surface area contributed by atoms with Crippen LogP contribution in [0.2, 0.25) is 0 Å². The van der Waals surface area contributed by atoms with Gasteiger partial charge >= 0.3 is 0 Å². The van der Waals surface area contributed by atoms with Gasteiger partial charge in [0.15, 0.2) is 0 Å². The van der Waals surface area contributed by atoms with Crippen molar-refractivity contribution in [2.45, 2.75) is 0 Å². The molecular weight excluding hydrogens is 62.9 g/mol. The van der Waals surface area contributed by atoms with Gasteiger partial charge in [-0.1, -0.05) is 0 Å². The van der Waals surface area contributed by atoms with Gasteiger partial charge < -0.3 is 0 Å². The average Bonchev–Trinajstić information content (AvgIpc) is 1.37. The Kier molecular flexibility index (Phi) is 3.04. The first-order valence-electron chi connectivity index (χ1n) is 1.32. The highest BCUT2D eigenvalue weighted by molar-refractivity contribution is 6.92. The molecule has 0 bridgehead atoms. The third-order valence-electron chi connectivity index (χ3n) is 0.236. The highest BCUT2D eigenvalue weighted by Gasteiger charge is 1.52. The highest BCUT2D eigenvalue weighted by atomic mass is 28.1. The summed E-state index contributed by atoms with van der Waals surface area (Å²) in [6.07, 6.45) is 0. The van der Waals surface area contributed by atoms with Gasteiger partial charge in [0.25, 0.3) is 0 Å². The van der Waals surface area contributed by atoms with E-state index in [1.54, 1.807) is 0 Å². The van der Waals surface area contributed by atoms with E-state index in [2.05, 4.69) is 6.58 Å². The third kappa shape index (κ3) is 2.02. The molecular formula is C2H6BSi. The maximum absolute atomic E-state index is 3.46. The second-order valence-electron chi connectivity index (χ2n) is 0.569. The monoisotopic (exact) mass is 69.0 g/mol. The standard InChI is InChI=1S/C2H6BSi/c1-2-3-4/h2H,1H2,4H3. The lowest BCUT2D eigenvalue weighted by atomic mass is 10.1. The van der Waals surface area contributed by atoms with Crippen molar-refractivity contribution in [1.82, 2.24) is 0 Å². The molecule has 0 aliphatic heterocycles. The number of hydrogen-bond donors (Lipinski definition) is 0. The molecule has 0 aromatic heterocycles. The zero-order chi connectivity index (χ0) is 3.41. The fourth-order valence-electron chi connectivity index (χ4n) is 0. The van der Waals surface area contributed by atoms with E-state index in [9.17, 15) is 0 Å². The van der Waals surface area contributed by atoms with Gasteiger partial charge in [-0.3, -0.25) is 0 Å². The topological polar surface area (TPSA) is 0 Å². The molecule has 0 unspecified atom stereocenters. The number of rotatable bonds is 1. The molecule has 1 radical (unpaired) electrons. The molecule has 0 saturated heterocycles. The van der Waals surface area contributed by atoms with Gasteiger partial charge in [0, 0.05) is 0 Å². The summed E-state index contributed by atoms with van der Waals surface area (Å²) in [4.78, 5) is 0. The molecule has 0 amide bonds. The van der Waals surface area contributed by atoms with Crippen LogP contribution in [-0.2, 0) is 0 Å². The van der Waals surface area contributed by atoms with E-state index in [-0.39, 0.29) is 0 Å². The van der Waals surface area contributed by atoms with E-state index in [1.165, 1.54) is 0 Å². The van der Waals surface area contributed by atoms with Crippen LogP contribution in [0, 0.1) is 0 Å². The molecule has 0 aliphatic carbocycles. The van der Waals surface area contributed by atoms with E-state index >= 15 is 0 Å². The molecule has 0 fully saturated rings. The first kappa shape index (κ1) is 4.02. The van der Waals surface area contributed by atoms with Crippen molar-refractivity contribution in [2.24, 2.45) is 0 Å². The summed E-state index contributed by atoms with van der Waals surface area (Å²) in [6.45, 7) is 5.49. The van der Waals surface area contributed by atoms with E-state index in [0.717, 1.165) is 10.1 Å². The Labute approximate surface area is 30.5 Å². The SMILES string of the molecule is C=C[B][SiH3]. The van der Waals surface area contributed by atoms with Gasteiger partial charge in [-0.05, 0) is 10.1 Å². The van der Waals surface area contributed by atoms with Crippen LogP contribution in [0.25, 0.3) is 0 Å². The van der Waals surface area contributed by atoms with Gasteiger partial charge in [-0.2, -0.15) is 0 Å². The Morgan fingerprint density at radius 2 is 2.25 bits per heavy atom. The van der Waals surface area contributed by atoms with Gasteiger partial charge in [0.05, 0.1) is 0 Å². The van der Waals surface area contributed by atoms with Crippen molar-refractivity contribution in [3.05, 3.63) is 12.6 Å². The predicted octanol–water partition coefficient (Wildman–Crippen LogP) is -0.886. The van der Waals surface area contributed by atoms with Crippen molar-refractivity contribution < 1.29 is 0 Å². The lowest BCUT2D eigenvalue weighted by molar-refractivity contribution is 2.61. The molecule has 4 heavy (non-hydrogen) atoms. The van der Waals surface area contributed by atoms with Gasteiger partial charge in [0.2, 0.25) is 0 Å². The number of hydrogen-bond acceptors (Lipinski definition) is 0. The van der Waals surface area contributed by atoms with Crippen molar-refractivity contribution in [2.75, 3.05) is 0 Å². The molecule has 0 aromatic carbocycles. The smallest absolute Gasteiger partial charge is 0.121 e. The van der Waals surface area contributed by atoms with E-state index in [0.29, 0.717) is 0 Å². The fourth-order valence-corrected chi connectivity index (χ4v) is 0. The largest absolute Gasteiger partial charge is 0.134 e. The minimum atomic E-state index is 1.15.